The molecule has 1 heterocycles. The highest BCUT2D eigenvalue weighted by Crippen LogP contribution is 2.31. The fourth-order valence-corrected chi connectivity index (χ4v) is 4.20. The van der Waals surface area contributed by atoms with E-state index >= 15 is 8.78 Å². The quantitative estimate of drug-likeness (QED) is 0.425. The SMILES string of the molecule is Cc1c(-c2c(F)cc(NC(=O)[C@@H](N)C(c3ccccc3)c3ccccc3)cc2F)ccc(=O)n1C. The number of benzene rings is 3. The molecule has 35 heavy (non-hydrogen) atoms. The van der Waals surface area contributed by atoms with E-state index in [9.17, 15) is 9.59 Å². The van der Waals surface area contributed by atoms with Crippen molar-refractivity contribution in [2.24, 2.45) is 12.8 Å². The second kappa shape index (κ2) is 10.0. The number of amides is 1. The summed E-state index contributed by atoms with van der Waals surface area (Å²) in [6.45, 7) is 1.61. The van der Waals surface area contributed by atoms with Gasteiger partial charge in [0, 0.05) is 36.0 Å². The van der Waals surface area contributed by atoms with E-state index in [1.54, 1.807) is 6.92 Å². The summed E-state index contributed by atoms with van der Waals surface area (Å²) in [7, 11) is 1.53. The van der Waals surface area contributed by atoms with Crippen LogP contribution in [0.15, 0.2) is 89.7 Å². The Hall–Kier alpha value is -4.10. The Kier molecular flexibility index (Phi) is 6.89. The van der Waals surface area contributed by atoms with Gasteiger partial charge in [0.1, 0.15) is 11.6 Å². The first-order chi connectivity index (χ1) is 16.8. The maximum Gasteiger partial charge on any atom is 0.250 e. The molecule has 0 radical (unpaired) electrons. The Morgan fingerprint density at radius 1 is 0.886 bits per heavy atom. The zero-order valence-electron chi connectivity index (χ0n) is 19.3. The first kappa shape index (κ1) is 24.0. The van der Waals surface area contributed by atoms with Gasteiger partial charge in [-0.05, 0) is 36.2 Å². The molecule has 5 nitrogen and oxygen atoms in total. The summed E-state index contributed by atoms with van der Waals surface area (Å²) in [5, 5.41) is 2.56. The molecule has 0 saturated heterocycles. The van der Waals surface area contributed by atoms with Crippen LogP contribution in [0.3, 0.4) is 0 Å². The fourth-order valence-electron chi connectivity index (χ4n) is 4.20. The lowest BCUT2D eigenvalue weighted by atomic mass is 9.85. The zero-order valence-corrected chi connectivity index (χ0v) is 19.3. The topological polar surface area (TPSA) is 77.1 Å². The van der Waals surface area contributed by atoms with E-state index in [2.05, 4.69) is 5.32 Å². The first-order valence-electron chi connectivity index (χ1n) is 11.1. The monoisotopic (exact) mass is 473 g/mol. The number of hydrogen-bond acceptors (Lipinski definition) is 3. The second-order valence-corrected chi connectivity index (χ2v) is 8.36. The summed E-state index contributed by atoms with van der Waals surface area (Å²) in [6, 6.07) is 22.4. The molecule has 0 aliphatic rings. The van der Waals surface area contributed by atoms with E-state index in [4.69, 9.17) is 5.73 Å². The van der Waals surface area contributed by atoms with Crippen LogP contribution < -0.4 is 16.6 Å². The summed E-state index contributed by atoms with van der Waals surface area (Å²) in [5.41, 5.74) is 8.15. The van der Waals surface area contributed by atoms with Crippen LogP contribution in [0.5, 0.6) is 0 Å². The van der Waals surface area contributed by atoms with Gasteiger partial charge in [0.15, 0.2) is 0 Å². The van der Waals surface area contributed by atoms with E-state index in [-0.39, 0.29) is 22.4 Å². The molecule has 0 aliphatic heterocycles. The predicted molar refractivity (Wildman–Crippen MR) is 133 cm³/mol. The second-order valence-electron chi connectivity index (χ2n) is 8.36. The average molecular weight is 474 g/mol. The Morgan fingerprint density at radius 3 is 1.91 bits per heavy atom. The number of nitrogens with one attached hydrogen (secondary N) is 1. The first-order valence-corrected chi connectivity index (χ1v) is 11.1. The number of nitrogens with zero attached hydrogens (tertiary/aromatic N) is 1. The van der Waals surface area contributed by atoms with Crippen LogP contribution in [0.1, 0.15) is 22.7 Å². The summed E-state index contributed by atoms with van der Waals surface area (Å²) >= 11 is 0. The molecule has 0 unspecified atom stereocenters. The molecule has 1 atom stereocenters. The average Bonchev–Trinajstić information content (AvgIpc) is 2.85. The molecule has 1 aromatic heterocycles. The minimum absolute atomic E-state index is 0.0495. The van der Waals surface area contributed by atoms with E-state index in [1.807, 2.05) is 60.7 Å². The molecule has 0 fully saturated rings. The highest BCUT2D eigenvalue weighted by Gasteiger charge is 2.28. The maximum absolute atomic E-state index is 15.0. The molecule has 4 rings (SSSR count). The Bertz CT molecular complexity index is 1360. The van der Waals surface area contributed by atoms with Gasteiger partial charge in [-0.25, -0.2) is 8.78 Å². The molecule has 7 heteroatoms. The van der Waals surface area contributed by atoms with E-state index < -0.39 is 29.5 Å². The van der Waals surface area contributed by atoms with Crippen molar-refractivity contribution in [2.45, 2.75) is 18.9 Å². The smallest absolute Gasteiger partial charge is 0.250 e. The van der Waals surface area contributed by atoms with Gasteiger partial charge in [-0.15, -0.1) is 0 Å². The van der Waals surface area contributed by atoms with Crippen molar-refractivity contribution in [3.05, 3.63) is 124 Å². The molecule has 0 aliphatic carbocycles. The van der Waals surface area contributed by atoms with Crippen molar-refractivity contribution in [3.8, 4) is 11.1 Å². The van der Waals surface area contributed by atoms with Crippen LogP contribution >= 0.6 is 0 Å². The number of aromatic nitrogens is 1. The van der Waals surface area contributed by atoms with Crippen molar-refractivity contribution >= 4 is 11.6 Å². The number of hydrogen-bond donors (Lipinski definition) is 2. The third-order valence-electron chi connectivity index (χ3n) is 6.17. The standard InChI is InChI=1S/C28H25F2N3O2/c1-17-21(13-14-24(34)33(17)2)26-22(29)15-20(16-23(26)30)32-28(35)27(31)25(18-9-5-3-6-10-18)19-11-7-4-8-12-19/h3-16,25,27H,31H2,1-2H3,(H,32,35)/t27-/m0/s1. The lowest BCUT2D eigenvalue weighted by Crippen LogP contribution is -2.41. The van der Waals surface area contributed by atoms with Crippen molar-refractivity contribution in [1.29, 1.82) is 0 Å². The van der Waals surface area contributed by atoms with E-state index in [0.29, 0.717) is 5.69 Å². The third kappa shape index (κ3) is 4.90. The number of rotatable bonds is 6. The largest absolute Gasteiger partial charge is 0.324 e. The van der Waals surface area contributed by atoms with E-state index in [1.165, 1.54) is 23.7 Å². The molecular weight excluding hydrogens is 448 g/mol. The molecular formula is C28H25F2N3O2. The summed E-state index contributed by atoms with van der Waals surface area (Å²) < 4.78 is 31.4. The number of halogens is 2. The summed E-state index contributed by atoms with van der Waals surface area (Å²) in [5.74, 6) is -2.76. The van der Waals surface area contributed by atoms with Gasteiger partial charge >= 0.3 is 0 Å². The predicted octanol–water partition coefficient (Wildman–Crippen LogP) is 4.74. The van der Waals surface area contributed by atoms with Crippen LogP contribution in [0.4, 0.5) is 14.5 Å². The van der Waals surface area contributed by atoms with Gasteiger partial charge in [-0.2, -0.15) is 0 Å². The molecule has 178 valence electrons. The highest BCUT2D eigenvalue weighted by molar-refractivity contribution is 5.96. The lowest BCUT2D eigenvalue weighted by Gasteiger charge is -2.24. The van der Waals surface area contributed by atoms with Gasteiger partial charge in [-0.1, -0.05) is 60.7 Å². The van der Waals surface area contributed by atoms with Gasteiger partial charge < -0.3 is 15.6 Å². The van der Waals surface area contributed by atoms with Gasteiger partial charge in [0.05, 0.1) is 11.6 Å². The third-order valence-corrected chi connectivity index (χ3v) is 6.17. The minimum Gasteiger partial charge on any atom is -0.324 e. The fraction of sp³-hybridized carbons (Fsp3) is 0.143. The molecule has 1 amide bonds. The molecule has 0 spiro atoms. The maximum atomic E-state index is 15.0. The van der Waals surface area contributed by atoms with Crippen LogP contribution in [0.2, 0.25) is 0 Å². The van der Waals surface area contributed by atoms with Crippen LogP contribution in [0.25, 0.3) is 11.1 Å². The molecule has 3 aromatic carbocycles. The van der Waals surface area contributed by atoms with E-state index in [0.717, 1.165) is 23.3 Å². The van der Waals surface area contributed by atoms with Crippen molar-refractivity contribution in [3.63, 3.8) is 0 Å². The molecule has 3 N–H and O–H groups in total. The number of nitrogens with two attached hydrogens (primary N) is 1. The number of carbonyl (C=O) groups is 1. The van der Waals surface area contributed by atoms with Crippen LogP contribution in [0, 0.1) is 18.6 Å². The Morgan fingerprint density at radius 2 is 1.40 bits per heavy atom. The van der Waals surface area contributed by atoms with Gasteiger partial charge in [0.2, 0.25) is 11.5 Å². The number of pyridine rings is 1. The van der Waals surface area contributed by atoms with Crippen molar-refractivity contribution in [1.82, 2.24) is 4.57 Å². The minimum atomic E-state index is -1.02. The number of anilines is 1. The normalized spacial score (nSPS) is 11.9. The number of carbonyl (C=O) groups excluding carboxylic acids is 1. The lowest BCUT2D eigenvalue weighted by molar-refractivity contribution is -0.117. The van der Waals surface area contributed by atoms with Gasteiger partial charge in [0.25, 0.3) is 0 Å². The van der Waals surface area contributed by atoms with Crippen LogP contribution in [-0.2, 0) is 11.8 Å². The zero-order chi connectivity index (χ0) is 25.1. The molecule has 4 aromatic rings. The van der Waals surface area contributed by atoms with Crippen LogP contribution in [-0.4, -0.2) is 16.5 Å². The Balaban J connectivity index is 1.64. The molecule has 0 saturated carbocycles. The summed E-state index contributed by atoms with van der Waals surface area (Å²) in [6.07, 6.45) is 0. The highest BCUT2D eigenvalue weighted by atomic mass is 19.1. The Labute approximate surface area is 201 Å². The van der Waals surface area contributed by atoms with Crippen molar-refractivity contribution < 1.29 is 13.6 Å². The van der Waals surface area contributed by atoms with Crippen molar-refractivity contribution in [2.75, 3.05) is 5.32 Å². The van der Waals surface area contributed by atoms with Gasteiger partial charge in [-0.3, -0.25) is 9.59 Å². The molecule has 0 bridgehead atoms. The summed E-state index contributed by atoms with van der Waals surface area (Å²) in [4.78, 5) is 24.9.